The Morgan fingerprint density at radius 2 is 2.47 bits per heavy atom. The van der Waals surface area contributed by atoms with Crippen molar-refractivity contribution in [2.75, 3.05) is 25.3 Å². The Labute approximate surface area is 116 Å². The quantitative estimate of drug-likeness (QED) is 0.852. The number of ether oxygens (including phenoxy) is 1. The Balaban J connectivity index is 1.84. The second-order valence-electron chi connectivity index (χ2n) is 4.27. The van der Waals surface area contributed by atoms with Gasteiger partial charge >= 0.3 is 0 Å². The van der Waals surface area contributed by atoms with Gasteiger partial charge in [0.2, 0.25) is 5.91 Å². The Bertz CT molecular complexity index is 450. The number of carbonyl (C=O) groups is 1. The van der Waals surface area contributed by atoms with Crippen LogP contribution < -0.4 is 15.4 Å². The van der Waals surface area contributed by atoms with Gasteiger partial charge in [0.1, 0.15) is 11.6 Å². The Hall–Kier alpha value is -1.27. The second kappa shape index (κ2) is 6.77. The fraction of sp³-hybridized carbons (Fsp3) is 0.462. The first-order valence-corrected chi connectivity index (χ1v) is 7.27. The van der Waals surface area contributed by atoms with Crippen molar-refractivity contribution in [3.63, 3.8) is 0 Å². The van der Waals surface area contributed by atoms with E-state index in [1.54, 1.807) is 24.9 Å². The van der Waals surface area contributed by atoms with Crippen LogP contribution in [0.3, 0.4) is 0 Å². The summed E-state index contributed by atoms with van der Waals surface area (Å²) < 4.78 is 18.3. The summed E-state index contributed by atoms with van der Waals surface area (Å²) in [7, 11) is 1.55. The molecule has 0 saturated carbocycles. The smallest absolute Gasteiger partial charge is 0.238 e. The molecular weight excluding hydrogens is 267 g/mol. The molecule has 1 aliphatic rings. The maximum atomic E-state index is 13.2. The number of thioether (sulfide) groups is 1. The average Bonchev–Trinajstić information content (AvgIpc) is 2.93. The molecular formula is C13H17FN2O2S. The first kappa shape index (κ1) is 14.1. The van der Waals surface area contributed by atoms with Gasteiger partial charge in [0.25, 0.3) is 0 Å². The zero-order valence-corrected chi connectivity index (χ0v) is 11.6. The number of rotatable bonds is 5. The SMILES string of the molecule is COc1ccc(F)cc1CCNC(=O)C1CSCN1. The van der Waals surface area contributed by atoms with Crippen molar-refractivity contribution in [2.24, 2.45) is 0 Å². The van der Waals surface area contributed by atoms with Crippen molar-refractivity contribution in [3.05, 3.63) is 29.6 Å². The van der Waals surface area contributed by atoms with E-state index in [-0.39, 0.29) is 17.8 Å². The molecule has 1 heterocycles. The number of halogens is 1. The van der Waals surface area contributed by atoms with Gasteiger partial charge in [-0.15, -0.1) is 11.8 Å². The van der Waals surface area contributed by atoms with Gasteiger partial charge in [-0.25, -0.2) is 4.39 Å². The summed E-state index contributed by atoms with van der Waals surface area (Å²) in [5.41, 5.74) is 0.761. The predicted molar refractivity (Wildman–Crippen MR) is 73.9 cm³/mol. The molecule has 6 heteroatoms. The van der Waals surface area contributed by atoms with Crippen molar-refractivity contribution in [2.45, 2.75) is 12.5 Å². The van der Waals surface area contributed by atoms with E-state index in [1.807, 2.05) is 0 Å². The Kier molecular flexibility index (Phi) is 5.04. The van der Waals surface area contributed by atoms with E-state index in [1.165, 1.54) is 12.1 Å². The minimum atomic E-state index is -0.295. The van der Waals surface area contributed by atoms with Crippen LogP contribution >= 0.6 is 11.8 Å². The molecule has 0 aromatic heterocycles. The second-order valence-corrected chi connectivity index (χ2v) is 5.30. The number of hydrogen-bond donors (Lipinski definition) is 2. The third kappa shape index (κ3) is 3.84. The molecule has 19 heavy (non-hydrogen) atoms. The molecule has 1 aliphatic heterocycles. The lowest BCUT2D eigenvalue weighted by molar-refractivity contribution is -0.122. The minimum Gasteiger partial charge on any atom is -0.496 e. The number of carbonyl (C=O) groups excluding carboxylic acids is 1. The van der Waals surface area contributed by atoms with E-state index >= 15 is 0 Å². The molecule has 0 radical (unpaired) electrons. The molecule has 0 aliphatic carbocycles. The highest BCUT2D eigenvalue weighted by Gasteiger charge is 2.21. The zero-order valence-electron chi connectivity index (χ0n) is 10.7. The lowest BCUT2D eigenvalue weighted by atomic mass is 10.1. The summed E-state index contributed by atoms with van der Waals surface area (Å²) >= 11 is 1.71. The van der Waals surface area contributed by atoms with E-state index in [0.717, 1.165) is 17.2 Å². The van der Waals surface area contributed by atoms with Gasteiger partial charge in [-0.05, 0) is 30.2 Å². The monoisotopic (exact) mass is 284 g/mol. The van der Waals surface area contributed by atoms with Crippen LogP contribution in [0.5, 0.6) is 5.75 Å². The summed E-state index contributed by atoms with van der Waals surface area (Å²) in [5, 5.41) is 5.95. The van der Waals surface area contributed by atoms with Gasteiger partial charge < -0.3 is 10.1 Å². The van der Waals surface area contributed by atoms with Crippen LogP contribution in [-0.2, 0) is 11.2 Å². The number of amides is 1. The topological polar surface area (TPSA) is 50.4 Å². The molecule has 1 fully saturated rings. The fourth-order valence-corrected chi connectivity index (χ4v) is 2.89. The average molecular weight is 284 g/mol. The molecule has 1 aromatic rings. The summed E-state index contributed by atoms with van der Waals surface area (Å²) in [6.07, 6.45) is 0.548. The molecule has 1 atom stereocenters. The van der Waals surface area contributed by atoms with Gasteiger partial charge in [0.05, 0.1) is 13.2 Å². The number of benzene rings is 1. The van der Waals surface area contributed by atoms with Crippen molar-refractivity contribution in [1.29, 1.82) is 0 Å². The van der Waals surface area contributed by atoms with Crippen molar-refractivity contribution in [1.82, 2.24) is 10.6 Å². The molecule has 1 amide bonds. The third-order valence-electron chi connectivity index (χ3n) is 2.97. The highest BCUT2D eigenvalue weighted by molar-refractivity contribution is 7.99. The molecule has 2 N–H and O–H groups in total. The van der Waals surface area contributed by atoms with Crippen molar-refractivity contribution >= 4 is 17.7 Å². The van der Waals surface area contributed by atoms with Gasteiger partial charge in [-0.1, -0.05) is 0 Å². The van der Waals surface area contributed by atoms with Crippen LogP contribution in [0.2, 0.25) is 0 Å². The van der Waals surface area contributed by atoms with Gasteiger partial charge in [0, 0.05) is 18.2 Å². The third-order valence-corrected chi connectivity index (χ3v) is 3.91. The highest BCUT2D eigenvalue weighted by Crippen LogP contribution is 2.19. The fourth-order valence-electron chi connectivity index (χ4n) is 1.95. The van der Waals surface area contributed by atoms with Crippen LogP contribution in [0.4, 0.5) is 4.39 Å². The number of methoxy groups -OCH3 is 1. The molecule has 2 rings (SSSR count). The Morgan fingerprint density at radius 1 is 1.63 bits per heavy atom. The van der Waals surface area contributed by atoms with Gasteiger partial charge in [-0.2, -0.15) is 0 Å². The van der Waals surface area contributed by atoms with Crippen molar-refractivity contribution < 1.29 is 13.9 Å². The molecule has 1 aromatic carbocycles. The van der Waals surface area contributed by atoms with Crippen LogP contribution in [-0.4, -0.2) is 37.2 Å². The predicted octanol–water partition coefficient (Wildman–Crippen LogP) is 1.16. The minimum absolute atomic E-state index is 0.000342. The maximum absolute atomic E-state index is 13.2. The van der Waals surface area contributed by atoms with E-state index in [2.05, 4.69) is 10.6 Å². The molecule has 0 bridgehead atoms. The molecule has 1 saturated heterocycles. The first-order valence-electron chi connectivity index (χ1n) is 6.12. The van der Waals surface area contributed by atoms with E-state index in [0.29, 0.717) is 18.7 Å². The zero-order chi connectivity index (χ0) is 13.7. The van der Waals surface area contributed by atoms with Crippen LogP contribution in [0.15, 0.2) is 18.2 Å². The Morgan fingerprint density at radius 3 is 3.16 bits per heavy atom. The van der Waals surface area contributed by atoms with Gasteiger partial charge in [-0.3, -0.25) is 10.1 Å². The number of nitrogens with one attached hydrogen (secondary N) is 2. The van der Waals surface area contributed by atoms with Crippen molar-refractivity contribution in [3.8, 4) is 5.75 Å². The van der Waals surface area contributed by atoms with Crippen LogP contribution in [0, 0.1) is 5.82 Å². The van der Waals surface area contributed by atoms with Gasteiger partial charge in [0.15, 0.2) is 0 Å². The van der Waals surface area contributed by atoms with Crippen LogP contribution in [0.25, 0.3) is 0 Å². The molecule has 1 unspecified atom stereocenters. The molecule has 0 spiro atoms. The number of hydrogen-bond acceptors (Lipinski definition) is 4. The van der Waals surface area contributed by atoms with Crippen LogP contribution in [0.1, 0.15) is 5.56 Å². The van der Waals surface area contributed by atoms with E-state index in [4.69, 9.17) is 4.74 Å². The summed E-state index contributed by atoms with van der Waals surface area (Å²) in [4.78, 5) is 11.8. The van der Waals surface area contributed by atoms with E-state index in [9.17, 15) is 9.18 Å². The summed E-state index contributed by atoms with van der Waals surface area (Å²) in [6.45, 7) is 0.474. The summed E-state index contributed by atoms with van der Waals surface area (Å²) in [5.74, 6) is 1.96. The highest BCUT2D eigenvalue weighted by atomic mass is 32.2. The lowest BCUT2D eigenvalue weighted by Gasteiger charge is -2.12. The first-order chi connectivity index (χ1) is 9.20. The maximum Gasteiger partial charge on any atom is 0.238 e. The summed E-state index contributed by atoms with van der Waals surface area (Å²) in [6, 6.07) is 4.29. The molecule has 104 valence electrons. The lowest BCUT2D eigenvalue weighted by Crippen LogP contribution is -2.42. The largest absolute Gasteiger partial charge is 0.496 e. The molecule has 4 nitrogen and oxygen atoms in total. The normalized spacial score (nSPS) is 18.3. The standard InChI is InChI=1S/C13H17FN2O2S/c1-18-12-3-2-10(14)6-9(12)4-5-15-13(17)11-7-19-8-16-11/h2-3,6,11,16H,4-5,7-8H2,1H3,(H,15,17). The van der Waals surface area contributed by atoms with E-state index < -0.39 is 0 Å².